The zero-order chi connectivity index (χ0) is 20.0. The Kier molecular flexibility index (Phi) is 10.9. The average molecular weight is 491 g/mol. The molecule has 0 spiro atoms. The van der Waals surface area contributed by atoms with Gasteiger partial charge in [0.2, 0.25) is 0 Å². The summed E-state index contributed by atoms with van der Waals surface area (Å²) in [5, 5.41) is 21.3. The van der Waals surface area contributed by atoms with Crippen LogP contribution in [0.2, 0.25) is 0 Å². The molecule has 3 rings (SSSR count). The van der Waals surface area contributed by atoms with Crippen molar-refractivity contribution in [1.82, 2.24) is 15.8 Å². The van der Waals surface area contributed by atoms with Crippen molar-refractivity contribution in [2.24, 2.45) is 0 Å². The van der Waals surface area contributed by atoms with Crippen LogP contribution >= 0.6 is 11.3 Å². The van der Waals surface area contributed by atoms with E-state index in [4.69, 9.17) is 5.21 Å². The molecule has 1 radical (unpaired) electrons. The summed E-state index contributed by atoms with van der Waals surface area (Å²) in [6.07, 6.45) is -1.83. The van der Waals surface area contributed by atoms with Crippen molar-refractivity contribution >= 4 is 33.3 Å². The topological polar surface area (TPSA) is 97.7 Å². The third-order valence-electron chi connectivity index (χ3n) is 4.19. The summed E-state index contributed by atoms with van der Waals surface area (Å²) in [4.78, 5) is 18.3. The van der Waals surface area contributed by atoms with Crippen LogP contribution in [0.3, 0.4) is 0 Å². The number of rotatable bonds is 4. The first-order chi connectivity index (χ1) is 12.9. The van der Waals surface area contributed by atoms with E-state index in [0.717, 1.165) is 11.3 Å². The van der Waals surface area contributed by atoms with Gasteiger partial charge < -0.3 is 20.5 Å². The molecule has 0 aliphatic carbocycles. The van der Waals surface area contributed by atoms with Gasteiger partial charge >= 0.3 is 0 Å². The molecule has 3 heterocycles. The van der Waals surface area contributed by atoms with Crippen LogP contribution in [-0.2, 0) is 32.7 Å². The molecule has 11 heteroatoms. The zero-order valence-corrected chi connectivity index (χ0v) is 19.4. The van der Waals surface area contributed by atoms with Crippen molar-refractivity contribution < 1.29 is 56.6 Å². The number of alkyl halides is 2. The summed E-state index contributed by atoms with van der Waals surface area (Å²) in [6, 6.07) is 1.40. The number of thiophene rings is 1. The number of piperidine rings is 1. The van der Waals surface area contributed by atoms with Crippen molar-refractivity contribution in [3.63, 3.8) is 0 Å². The van der Waals surface area contributed by atoms with E-state index < -0.39 is 6.43 Å². The Morgan fingerprint density at radius 1 is 1.43 bits per heavy atom. The summed E-state index contributed by atoms with van der Waals surface area (Å²) in [5.74, 6) is 0.0958. The number of amides is 1. The van der Waals surface area contributed by atoms with Gasteiger partial charge in [-0.25, -0.2) is 19.2 Å². The van der Waals surface area contributed by atoms with Gasteiger partial charge in [0.05, 0.1) is 21.9 Å². The number of hydroxylamine groups is 1. The predicted molar refractivity (Wildman–Crippen MR) is 101 cm³/mol. The van der Waals surface area contributed by atoms with Crippen LogP contribution < -0.4 is 15.7 Å². The molecule has 1 amide bonds. The first-order valence-corrected chi connectivity index (χ1v) is 9.53. The maximum Gasteiger partial charge on any atom is 0.265 e. The number of carbonyl (C=O) groups excluding carboxylic acids is 1. The molecule has 1 aliphatic heterocycles. The van der Waals surface area contributed by atoms with E-state index in [2.05, 4.69) is 10.3 Å². The van der Waals surface area contributed by atoms with Crippen LogP contribution in [0.15, 0.2) is 11.4 Å². The van der Waals surface area contributed by atoms with Crippen LogP contribution in [0.25, 0.3) is 10.2 Å². The number of halogens is 2. The second-order valence-electron chi connectivity index (χ2n) is 6.01. The van der Waals surface area contributed by atoms with Crippen LogP contribution in [-0.4, -0.2) is 54.0 Å². The van der Waals surface area contributed by atoms with Gasteiger partial charge in [-0.15, -0.1) is 11.3 Å². The summed E-state index contributed by atoms with van der Waals surface area (Å²) in [7, 11) is 1.50. The van der Waals surface area contributed by atoms with Gasteiger partial charge in [0.1, 0.15) is 5.82 Å². The minimum Gasteiger partial charge on any atom is -0.393 e. The Hall–Kier alpha value is -0.776. The quantitative estimate of drug-likeness (QED) is 0.491. The van der Waals surface area contributed by atoms with E-state index >= 15 is 0 Å². The molecular formula is C17H24F2N4O3SY. The molecule has 28 heavy (non-hydrogen) atoms. The number of anilines is 1. The molecular weight excluding hydrogens is 467 g/mol. The second kappa shape index (κ2) is 12.0. The molecule has 153 valence electrons. The maximum absolute atomic E-state index is 13.4. The number of nitrogens with one attached hydrogen (secondary N) is 2. The molecule has 4 N–H and O–H groups in total. The van der Waals surface area contributed by atoms with Crippen molar-refractivity contribution in [2.45, 2.75) is 32.3 Å². The van der Waals surface area contributed by atoms with Crippen LogP contribution in [0.1, 0.15) is 42.1 Å². The average Bonchev–Trinajstić information content (AvgIpc) is 3.11. The molecule has 1 fully saturated rings. The number of hydrogen-bond acceptors (Lipinski definition) is 7. The number of fused-ring (bicyclic) bond motifs is 1. The minimum absolute atomic E-state index is 0. The van der Waals surface area contributed by atoms with E-state index in [-0.39, 0.29) is 50.3 Å². The first-order valence-electron chi connectivity index (χ1n) is 8.65. The normalized spacial score (nSPS) is 14.5. The number of nitrogens with zero attached hydrogens (tertiary/aromatic N) is 2. The molecule has 0 saturated carbocycles. The van der Waals surface area contributed by atoms with Crippen LogP contribution in [0, 0.1) is 0 Å². The molecule has 0 unspecified atom stereocenters. The summed E-state index contributed by atoms with van der Waals surface area (Å²) < 4.78 is 27.2. The number of aliphatic hydroxyl groups excluding tert-OH is 1. The number of pyridine rings is 1. The maximum atomic E-state index is 13.4. The monoisotopic (exact) mass is 491 g/mol. The van der Waals surface area contributed by atoms with E-state index in [1.807, 2.05) is 17.3 Å². The molecule has 1 saturated heterocycles. The van der Waals surface area contributed by atoms with Crippen LogP contribution in [0.4, 0.5) is 14.6 Å². The van der Waals surface area contributed by atoms with Gasteiger partial charge in [-0.2, -0.15) is 0 Å². The van der Waals surface area contributed by atoms with E-state index in [9.17, 15) is 18.7 Å². The van der Waals surface area contributed by atoms with E-state index in [1.165, 1.54) is 13.1 Å². The molecule has 0 bridgehead atoms. The molecule has 1 aliphatic rings. The van der Waals surface area contributed by atoms with Crippen molar-refractivity contribution in [2.75, 3.05) is 31.6 Å². The molecule has 0 atom stereocenters. The molecule has 2 aromatic rings. The third-order valence-corrected chi connectivity index (χ3v) is 5.21. The third kappa shape index (κ3) is 6.11. The van der Waals surface area contributed by atoms with Crippen molar-refractivity contribution in [3.05, 3.63) is 22.6 Å². The van der Waals surface area contributed by atoms with Gasteiger partial charge in [-0.05, 0) is 18.9 Å². The Bertz CT molecular complexity index is 768. The van der Waals surface area contributed by atoms with Gasteiger partial charge in [0.25, 0.3) is 12.3 Å². The van der Waals surface area contributed by atoms with Crippen LogP contribution in [0.5, 0.6) is 0 Å². The van der Waals surface area contributed by atoms with Gasteiger partial charge in [0.15, 0.2) is 0 Å². The van der Waals surface area contributed by atoms with Gasteiger partial charge in [-0.3, -0.25) is 4.79 Å². The Morgan fingerprint density at radius 3 is 2.54 bits per heavy atom. The Labute approximate surface area is 191 Å². The largest absolute Gasteiger partial charge is 0.393 e. The first kappa shape index (κ1) is 25.3. The number of hydrogen-bond donors (Lipinski definition) is 4. The fourth-order valence-electron chi connectivity index (χ4n) is 2.73. The van der Waals surface area contributed by atoms with Gasteiger partial charge in [0, 0.05) is 70.3 Å². The fraction of sp³-hybridized carbons (Fsp3) is 0.529. The standard InChI is InChI=1S/C15H17F2N3O2S.C2H7NO.Y/c1-18-15(22)10-7-23-13-9(14(16)17)6-11(19-12(10)13)20-4-2-8(21)3-5-20;1-2-3-4;/h6-8,14,21H,2-5H2,1H3,(H,18,22);3-4H,2H2,1H3;. The summed E-state index contributed by atoms with van der Waals surface area (Å²) in [6.45, 7) is 3.56. The number of aliphatic hydroxyl groups is 1. The summed E-state index contributed by atoms with van der Waals surface area (Å²) in [5.41, 5.74) is 2.46. The Morgan fingerprint density at radius 2 is 2.04 bits per heavy atom. The second-order valence-corrected chi connectivity index (χ2v) is 6.89. The molecule has 7 nitrogen and oxygen atoms in total. The van der Waals surface area contributed by atoms with Gasteiger partial charge in [-0.1, -0.05) is 6.92 Å². The fourth-order valence-corrected chi connectivity index (χ4v) is 3.74. The molecule has 0 aromatic carbocycles. The SMILES string of the molecule is CCNO.CNC(=O)c1csc2c(C(F)F)cc(N3CCC(O)CC3)nc12.[Y]. The molecule has 2 aromatic heterocycles. The smallest absolute Gasteiger partial charge is 0.265 e. The van der Waals surface area contributed by atoms with E-state index in [1.54, 1.807) is 5.38 Å². The number of carbonyl (C=O) groups is 1. The summed E-state index contributed by atoms with van der Waals surface area (Å²) >= 11 is 1.11. The van der Waals surface area contributed by atoms with Crippen molar-refractivity contribution in [3.8, 4) is 0 Å². The number of aromatic nitrogens is 1. The predicted octanol–water partition coefficient (Wildman–Crippen LogP) is 2.54. The van der Waals surface area contributed by atoms with Crippen molar-refractivity contribution in [1.29, 1.82) is 0 Å². The Balaban J connectivity index is 0.000000717. The minimum atomic E-state index is -2.63. The van der Waals surface area contributed by atoms with E-state index in [0.29, 0.717) is 54.1 Å². The zero-order valence-electron chi connectivity index (χ0n) is 15.8.